The topological polar surface area (TPSA) is 99.0 Å². The number of nitrogen functional groups attached to an aromatic ring is 1. The summed E-state index contributed by atoms with van der Waals surface area (Å²) in [6.07, 6.45) is 4.51. The van der Waals surface area contributed by atoms with Crippen LogP contribution in [0.1, 0.15) is 36.6 Å². The third-order valence-electron chi connectivity index (χ3n) is 5.31. The van der Waals surface area contributed by atoms with Crippen molar-refractivity contribution in [2.24, 2.45) is 12.8 Å². The molecule has 0 radical (unpaired) electrons. The molecule has 0 saturated carbocycles. The minimum absolute atomic E-state index is 0.270. The van der Waals surface area contributed by atoms with Crippen LogP contribution in [-0.4, -0.2) is 28.7 Å². The molecule has 0 saturated heterocycles. The molecule has 0 amide bonds. The summed E-state index contributed by atoms with van der Waals surface area (Å²) in [5.41, 5.74) is 15.0. The zero-order valence-corrected chi connectivity index (χ0v) is 15.3. The summed E-state index contributed by atoms with van der Waals surface area (Å²) in [5, 5.41) is 7.47. The number of rotatable bonds is 1. The molecule has 1 aromatic heterocycles. The number of carbonyl (C=O) groups is 1. The Bertz CT molecular complexity index is 819. The van der Waals surface area contributed by atoms with Gasteiger partial charge in [0.05, 0.1) is 11.1 Å². The minimum Gasteiger partial charge on any atom is -0.385 e. The molecule has 2 aromatic rings. The number of carbonyl (C=O) groups excluding carboxylic acids is 1. The van der Waals surface area contributed by atoms with Crippen LogP contribution in [0.3, 0.4) is 0 Å². The zero-order chi connectivity index (χ0) is 18.9. The third-order valence-corrected chi connectivity index (χ3v) is 5.31. The van der Waals surface area contributed by atoms with Crippen molar-refractivity contribution >= 4 is 17.8 Å². The van der Waals surface area contributed by atoms with E-state index in [2.05, 4.69) is 10.4 Å². The van der Waals surface area contributed by atoms with Crippen molar-refractivity contribution in [3.63, 3.8) is 0 Å². The summed E-state index contributed by atoms with van der Waals surface area (Å²) in [7, 11) is 1.87. The molecule has 2 heterocycles. The number of nitrogens with zero attached hydrogens (tertiary/aromatic N) is 2. The number of aldehydes is 1. The van der Waals surface area contributed by atoms with E-state index in [9.17, 15) is 9.18 Å². The number of hydrogen-bond donors (Lipinski definition) is 3. The molecule has 5 N–H and O–H groups in total. The summed E-state index contributed by atoms with van der Waals surface area (Å²) < 4.78 is 14.8. The summed E-state index contributed by atoms with van der Waals surface area (Å²) >= 11 is 0. The molecule has 0 bridgehead atoms. The first kappa shape index (κ1) is 18.4. The maximum atomic E-state index is 13.0. The van der Waals surface area contributed by atoms with Gasteiger partial charge in [-0.15, -0.1) is 0 Å². The van der Waals surface area contributed by atoms with Crippen LogP contribution in [0, 0.1) is 5.82 Å². The molecule has 2 unspecified atom stereocenters. The summed E-state index contributed by atoms with van der Waals surface area (Å²) in [6.45, 7) is 2.60. The molecule has 7 heteroatoms. The molecular formula is C19H26FN5O. The number of anilines is 2. The predicted octanol–water partition coefficient (Wildman–Crippen LogP) is 1.92. The number of nitrogens with two attached hydrogens (primary N) is 2. The van der Waals surface area contributed by atoms with Crippen LogP contribution in [0.2, 0.25) is 0 Å². The van der Waals surface area contributed by atoms with Gasteiger partial charge in [0.15, 0.2) is 0 Å². The molecule has 6 nitrogen and oxygen atoms in total. The maximum Gasteiger partial charge on any atom is 0.130 e. The van der Waals surface area contributed by atoms with Gasteiger partial charge in [0.25, 0.3) is 0 Å². The Balaban J connectivity index is 0.000000152. The fraction of sp³-hybridized carbons (Fsp3) is 0.474. The standard InChI is InChI=1S/C11H12FNO.C8H14N4/c1-11(7-14)4-5-13-10-3-2-8(12)6-9(10)11;1-12-8(10)6-3-2-5(9)4-7(6)11-12/h2-3,6-7,13H,4-5H2,1H3;5H,2-4,9-10H2,1H3. The molecule has 0 spiro atoms. The fourth-order valence-electron chi connectivity index (χ4n) is 3.61. The molecule has 26 heavy (non-hydrogen) atoms. The highest BCUT2D eigenvalue weighted by molar-refractivity contribution is 5.74. The molecule has 2 atom stereocenters. The second-order valence-electron chi connectivity index (χ2n) is 7.34. The maximum absolute atomic E-state index is 13.0. The van der Waals surface area contributed by atoms with E-state index in [1.54, 1.807) is 10.7 Å². The van der Waals surface area contributed by atoms with Gasteiger partial charge < -0.3 is 21.6 Å². The van der Waals surface area contributed by atoms with Gasteiger partial charge >= 0.3 is 0 Å². The van der Waals surface area contributed by atoms with Crippen molar-refractivity contribution in [3.05, 3.63) is 40.8 Å². The van der Waals surface area contributed by atoms with E-state index < -0.39 is 5.41 Å². The number of fused-ring (bicyclic) bond motifs is 2. The lowest BCUT2D eigenvalue weighted by Gasteiger charge is -2.31. The van der Waals surface area contributed by atoms with Gasteiger partial charge in [-0.3, -0.25) is 4.68 Å². The molecule has 1 aromatic carbocycles. The highest BCUT2D eigenvalue weighted by atomic mass is 19.1. The van der Waals surface area contributed by atoms with Crippen molar-refractivity contribution in [1.82, 2.24) is 9.78 Å². The molecule has 1 aliphatic carbocycles. The van der Waals surface area contributed by atoms with Gasteiger partial charge in [-0.2, -0.15) is 5.10 Å². The van der Waals surface area contributed by atoms with Crippen molar-refractivity contribution < 1.29 is 9.18 Å². The first-order valence-corrected chi connectivity index (χ1v) is 8.90. The Morgan fingerprint density at radius 1 is 1.46 bits per heavy atom. The van der Waals surface area contributed by atoms with E-state index >= 15 is 0 Å². The van der Waals surface area contributed by atoms with E-state index in [-0.39, 0.29) is 11.9 Å². The van der Waals surface area contributed by atoms with E-state index in [1.807, 2.05) is 14.0 Å². The Labute approximate surface area is 152 Å². The van der Waals surface area contributed by atoms with E-state index in [0.717, 1.165) is 54.9 Å². The highest BCUT2D eigenvalue weighted by Gasteiger charge is 2.31. The normalized spacial score (nSPS) is 23.8. The van der Waals surface area contributed by atoms with Gasteiger partial charge in [-0.05, 0) is 49.9 Å². The summed E-state index contributed by atoms with van der Waals surface area (Å²) in [4.78, 5) is 11.0. The molecule has 1 aliphatic heterocycles. The Hall–Kier alpha value is -2.41. The van der Waals surface area contributed by atoms with E-state index in [0.29, 0.717) is 6.42 Å². The monoisotopic (exact) mass is 359 g/mol. The SMILES string of the molecule is CC1(C=O)CCNc2ccc(F)cc21.Cn1nc2c(c1N)CCC(N)C2. The van der Waals surface area contributed by atoms with Gasteiger partial charge in [-0.1, -0.05) is 0 Å². The van der Waals surface area contributed by atoms with Crippen molar-refractivity contribution in [2.45, 2.75) is 44.1 Å². The van der Waals surface area contributed by atoms with Crippen LogP contribution in [0.4, 0.5) is 15.9 Å². The lowest BCUT2D eigenvalue weighted by Crippen LogP contribution is -2.32. The molecule has 0 fully saturated rings. The summed E-state index contributed by atoms with van der Waals surface area (Å²) in [5.74, 6) is 0.512. The number of benzene rings is 1. The smallest absolute Gasteiger partial charge is 0.130 e. The van der Waals surface area contributed by atoms with Crippen LogP contribution in [-0.2, 0) is 30.1 Å². The largest absolute Gasteiger partial charge is 0.385 e. The average Bonchev–Trinajstić information content (AvgIpc) is 2.90. The molecule has 2 aliphatic rings. The predicted molar refractivity (Wildman–Crippen MR) is 101 cm³/mol. The molecule has 140 valence electrons. The Kier molecular flexibility index (Phi) is 5.00. The Morgan fingerprint density at radius 3 is 2.96 bits per heavy atom. The third kappa shape index (κ3) is 3.44. The number of nitrogens with one attached hydrogen (secondary N) is 1. The van der Waals surface area contributed by atoms with Crippen molar-refractivity contribution in [3.8, 4) is 0 Å². The van der Waals surface area contributed by atoms with Crippen LogP contribution >= 0.6 is 0 Å². The van der Waals surface area contributed by atoms with Gasteiger partial charge in [0.1, 0.15) is 17.9 Å². The molecule has 4 rings (SSSR count). The number of aromatic nitrogens is 2. The number of aryl methyl sites for hydroxylation is 1. The highest BCUT2D eigenvalue weighted by Crippen LogP contribution is 2.35. The number of halogens is 1. The second-order valence-corrected chi connectivity index (χ2v) is 7.34. The van der Waals surface area contributed by atoms with E-state index in [1.165, 1.54) is 17.7 Å². The van der Waals surface area contributed by atoms with Gasteiger partial charge in [-0.25, -0.2) is 4.39 Å². The van der Waals surface area contributed by atoms with Crippen molar-refractivity contribution in [1.29, 1.82) is 0 Å². The lowest BCUT2D eigenvalue weighted by molar-refractivity contribution is -0.112. The van der Waals surface area contributed by atoms with Gasteiger partial charge in [0, 0.05) is 37.3 Å². The van der Waals surface area contributed by atoms with Crippen LogP contribution < -0.4 is 16.8 Å². The average molecular weight is 359 g/mol. The fourth-order valence-corrected chi connectivity index (χ4v) is 3.61. The van der Waals surface area contributed by atoms with Crippen molar-refractivity contribution in [2.75, 3.05) is 17.6 Å². The Morgan fingerprint density at radius 2 is 2.23 bits per heavy atom. The first-order valence-electron chi connectivity index (χ1n) is 8.90. The quantitative estimate of drug-likeness (QED) is 0.676. The van der Waals surface area contributed by atoms with Crippen LogP contribution in [0.25, 0.3) is 0 Å². The molecular weight excluding hydrogens is 333 g/mol. The minimum atomic E-state index is -0.539. The zero-order valence-electron chi connectivity index (χ0n) is 15.3. The second kappa shape index (κ2) is 7.07. The van der Waals surface area contributed by atoms with E-state index in [4.69, 9.17) is 11.5 Å². The van der Waals surface area contributed by atoms with Crippen LogP contribution in [0.15, 0.2) is 18.2 Å². The van der Waals surface area contributed by atoms with Crippen LogP contribution in [0.5, 0.6) is 0 Å². The van der Waals surface area contributed by atoms with Gasteiger partial charge in [0.2, 0.25) is 0 Å². The number of hydrogen-bond acceptors (Lipinski definition) is 5. The summed E-state index contributed by atoms with van der Waals surface area (Å²) in [6, 6.07) is 4.80. The lowest BCUT2D eigenvalue weighted by atomic mass is 9.78. The first-order chi connectivity index (χ1) is 12.3.